The van der Waals surface area contributed by atoms with Gasteiger partial charge in [0.15, 0.2) is 17.0 Å². The smallest absolute Gasteiger partial charge is 0.181 e. The summed E-state index contributed by atoms with van der Waals surface area (Å²) < 4.78 is 5.00. The first-order valence-corrected chi connectivity index (χ1v) is 5.73. The van der Waals surface area contributed by atoms with Crippen LogP contribution in [0, 0.1) is 0 Å². The van der Waals surface area contributed by atoms with Crippen molar-refractivity contribution >= 4 is 34.0 Å². The molecule has 0 saturated carbocycles. The van der Waals surface area contributed by atoms with Crippen LogP contribution in [0.1, 0.15) is 0 Å². The van der Waals surface area contributed by atoms with E-state index in [4.69, 9.17) is 21.1 Å². The van der Waals surface area contributed by atoms with Gasteiger partial charge in [-0.15, -0.1) is 11.3 Å². The molecule has 3 nitrogen and oxygen atoms in total. The van der Waals surface area contributed by atoms with Crippen LogP contribution in [0.3, 0.4) is 0 Å². The number of aromatic hydroxyl groups is 1. The highest BCUT2D eigenvalue weighted by Crippen LogP contribution is 2.17. The van der Waals surface area contributed by atoms with Crippen molar-refractivity contribution in [3.8, 4) is 5.06 Å². The van der Waals surface area contributed by atoms with E-state index in [0.29, 0.717) is 10.1 Å². The molecule has 0 spiro atoms. The summed E-state index contributed by atoms with van der Waals surface area (Å²) in [6.07, 6.45) is 1.40. The molecule has 3 aromatic rings. The van der Waals surface area contributed by atoms with E-state index in [1.54, 1.807) is 24.3 Å². The second kappa shape index (κ2) is 5.01. The maximum Gasteiger partial charge on any atom is 0.181 e. The molecule has 2 heterocycles. The number of fused-ring (bicyclic) bond motifs is 1. The van der Waals surface area contributed by atoms with Crippen LogP contribution >= 0.6 is 22.9 Å². The van der Waals surface area contributed by atoms with E-state index in [1.807, 2.05) is 11.4 Å². The maximum atomic E-state index is 8.49. The molecule has 0 saturated heterocycles. The Balaban J connectivity index is 0.000000138. The van der Waals surface area contributed by atoms with Crippen molar-refractivity contribution in [1.82, 2.24) is 4.98 Å². The molecule has 82 valence electrons. The quantitative estimate of drug-likeness (QED) is 0.660. The Bertz CT molecular complexity index is 562. The zero-order valence-corrected chi connectivity index (χ0v) is 9.70. The molecule has 0 aliphatic heterocycles. The lowest BCUT2D eigenvalue weighted by Gasteiger charge is -1.85. The van der Waals surface area contributed by atoms with Crippen LogP contribution < -0.4 is 0 Å². The predicted molar refractivity (Wildman–Crippen MR) is 65.0 cm³/mol. The van der Waals surface area contributed by atoms with Crippen molar-refractivity contribution in [2.75, 3.05) is 0 Å². The summed E-state index contributed by atoms with van der Waals surface area (Å²) in [6.45, 7) is 0. The summed E-state index contributed by atoms with van der Waals surface area (Å²) in [5.41, 5.74) is 1.57. The van der Waals surface area contributed by atoms with Gasteiger partial charge in [0.1, 0.15) is 5.52 Å². The normalized spacial score (nSPS) is 9.81. The molecule has 0 radical (unpaired) electrons. The van der Waals surface area contributed by atoms with Gasteiger partial charge in [0.25, 0.3) is 0 Å². The molecule has 0 aliphatic rings. The third kappa shape index (κ3) is 2.74. The van der Waals surface area contributed by atoms with Crippen molar-refractivity contribution in [3.05, 3.63) is 47.1 Å². The number of halogens is 1. The molecule has 2 aromatic heterocycles. The fourth-order valence-corrected chi connectivity index (χ4v) is 1.71. The zero-order chi connectivity index (χ0) is 11.4. The molecule has 5 heteroatoms. The van der Waals surface area contributed by atoms with E-state index >= 15 is 0 Å². The first-order chi connectivity index (χ1) is 7.75. The highest BCUT2D eigenvalue weighted by molar-refractivity contribution is 7.11. The van der Waals surface area contributed by atoms with E-state index in [-0.39, 0.29) is 0 Å². The minimum Gasteiger partial charge on any atom is -0.499 e. The van der Waals surface area contributed by atoms with Gasteiger partial charge in [0.2, 0.25) is 0 Å². The number of nitrogens with zero attached hydrogens (tertiary/aromatic N) is 1. The second-order valence-corrected chi connectivity index (χ2v) is 4.28. The van der Waals surface area contributed by atoms with Crippen molar-refractivity contribution in [3.63, 3.8) is 0 Å². The van der Waals surface area contributed by atoms with Crippen molar-refractivity contribution in [1.29, 1.82) is 0 Å². The molecule has 0 unspecified atom stereocenters. The van der Waals surface area contributed by atoms with E-state index in [9.17, 15) is 0 Å². The number of hydrogen-bond acceptors (Lipinski definition) is 4. The summed E-state index contributed by atoms with van der Waals surface area (Å²) in [5.74, 6) is 0. The van der Waals surface area contributed by atoms with Crippen LogP contribution in [-0.2, 0) is 0 Å². The van der Waals surface area contributed by atoms with Gasteiger partial charge in [-0.3, -0.25) is 0 Å². The fraction of sp³-hybridized carbons (Fsp3) is 0. The number of aromatic nitrogens is 1. The lowest BCUT2D eigenvalue weighted by molar-refractivity contribution is 0.491. The average molecular weight is 254 g/mol. The molecule has 0 atom stereocenters. The summed E-state index contributed by atoms with van der Waals surface area (Å²) in [6, 6.07) is 8.81. The van der Waals surface area contributed by atoms with Crippen LogP contribution in [0.15, 0.2) is 46.5 Å². The first kappa shape index (κ1) is 11.0. The van der Waals surface area contributed by atoms with Gasteiger partial charge in [0, 0.05) is 11.1 Å². The SMILES string of the molecule is Clc1ccc2ncoc2c1.Oc1cccs1. The van der Waals surface area contributed by atoms with Gasteiger partial charge >= 0.3 is 0 Å². The van der Waals surface area contributed by atoms with E-state index in [2.05, 4.69) is 4.98 Å². The Morgan fingerprint density at radius 1 is 1.31 bits per heavy atom. The van der Waals surface area contributed by atoms with Crippen molar-refractivity contribution in [2.24, 2.45) is 0 Å². The second-order valence-electron chi connectivity index (χ2n) is 2.92. The highest BCUT2D eigenvalue weighted by Gasteiger charge is 1.96. The number of hydrogen-bond donors (Lipinski definition) is 1. The minimum atomic E-state index is 0.384. The number of rotatable bonds is 0. The predicted octanol–water partition coefficient (Wildman–Crippen LogP) is 3.93. The molecule has 0 bridgehead atoms. The molecule has 3 rings (SSSR count). The van der Waals surface area contributed by atoms with Crippen LogP contribution in [0.25, 0.3) is 11.1 Å². The Hall–Kier alpha value is -1.52. The first-order valence-electron chi connectivity index (χ1n) is 4.47. The summed E-state index contributed by atoms with van der Waals surface area (Å²) >= 11 is 7.02. The van der Waals surface area contributed by atoms with Gasteiger partial charge in [-0.2, -0.15) is 0 Å². The fourth-order valence-electron chi connectivity index (χ4n) is 1.10. The van der Waals surface area contributed by atoms with Gasteiger partial charge in [0.05, 0.1) is 0 Å². The number of oxazole rings is 1. The highest BCUT2D eigenvalue weighted by atomic mass is 35.5. The number of thiophene rings is 1. The topological polar surface area (TPSA) is 46.3 Å². The van der Waals surface area contributed by atoms with Gasteiger partial charge < -0.3 is 9.52 Å². The van der Waals surface area contributed by atoms with Gasteiger partial charge in [-0.05, 0) is 29.6 Å². The third-order valence-electron chi connectivity index (χ3n) is 1.80. The van der Waals surface area contributed by atoms with Crippen LogP contribution in [0.5, 0.6) is 5.06 Å². The van der Waals surface area contributed by atoms with E-state index in [0.717, 1.165) is 11.1 Å². The molecule has 1 N–H and O–H groups in total. The van der Waals surface area contributed by atoms with Gasteiger partial charge in [-0.1, -0.05) is 11.6 Å². The van der Waals surface area contributed by atoms with Crippen molar-refractivity contribution in [2.45, 2.75) is 0 Å². The van der Waals surface area contributed by atoms with Crippen molar-refractivity contribution < 1.29 is 9.52 Å². The largest absolute Gasteiger partial charge is 0.499 e. The average Bonchev–Trinajstić information content (AvgIpc) is 2.88. The zero-order valence-electron chi connectivity index (χ0n) is 8.13. The molecule has 0 fully saturated rings. The Kier molecular flexibility index (Phi) is 3.44. The monoisotopic (exact) mass is 253 g/mol. The maximum absolute atomic E-state index is 8.49. The Labute approximate surface area is 101 Å². The third-order valence-corrected chi connectivity index (χ3v) is 2.71. The summed E-state index contributed by atoms with van der Waals surface area (Å²) in [4.78, 5) is 3.93. The standard InChI is InChI=1S/C7H4ClNO.C4H4OS/c8-5-1-2-6-7(3-5)10-4-9-6;5-4-2-1-3-6-4/h1-4H;1-3,5H. The molecular formula is C11H8ClNO2S. The molecule has 16 heavy (non-hydrogen) atoms. The molecular weight excluding hydrogens is 246 g/mol. The van der Waals surface area contributed by atoms with E-state index in [1.165, 1.54) is 17.7 Å². The molecule has 0 aliphatic carbocycles. The molecule has 0 amide bonds. The Morgan fingerprint density at radius 2 is 2.19 bits per heavy atom. The summed E-state index contributed by atoms with van der Waals surface area (Å²) in [7, 11) is 0. The number of benzene rings is 1. The minimum absolute atomic E-state index is 0.384. The summed E-state index contributed by atoms with van der Waals surface area (Å²) in [5, 5.41) is 11.4. The van der Waals surface area contributed by atoms with Crippen LogP contribution in [0.4, 0.5) is 0 Å². The lowest BCUT2D eigenvalue weighted by Crippen LogP contribution is -1.65. The van der Waals surface area contributed by atoms with Gasteiger partial charge in [-0.25, -0.2) is 4.98 Å². The lowest BCUT2D eigenvalue weighted by atomic mass is 10.3. The Morgan fingerprint density at radius 3 is 2.81 bits per heavy atom. The van der Waals surface area contributed by atoms with Crippen LogP contribution in [-0.4, -0.2) is 10.1 Å². The van der Waals surface area contributed by atoms with Crippen LogP contribution in [0.2, 0.25) is 5.02 Å². The van der Waals surface area contributed by atoms with E-state index < -0.39 is 0 Å². The molecule has 1 aromatic carbocycles.